The van der Waals surface area contributed by atoms with Crippen molar-refractivity contribution in [2.75, 3.05) is 31.6 Å². The van der Waals surface area contributed by atoms with Crippen molar-refractivity contribution in [1.82, 2.24) is 15.3 Å². The summed E-state index contributed by atoms with van der Waals surface area (Å²) in [6.07, 6.45) is 5.10. The second-order valence-electron chi connectivity index (χ2n) is 4.77. The minimum Gasteiger partial charge on any atom is -0.489 e. The van der Waals surface area contributed by atoms with Gasteiger partial charge in [0.15, 0.2) is 5.82 Å². The van der Waals surface area contributed by atoms with Gasteiger partial charge in [-0.2, -0.15) is 0 Å². The maximum Gasteiger partial charge on any atom is 0.295 e. The molecule has 1 fully saturated rings. The summed E-state index contributed by atoms with van der Waals surface area (Å²) in [5, 5.41) is 3.51. The predicted octanol–water partition coefficient (Wildman–Crippen LogP) is 0.747. The number of piperidine rings is 1. The minimum atomic E-state index is -0.234. The van der Waals surface area contributed by atoms with Crippen LogP contribution in [-0.4, -0.2) is 42.8 Å². The molecular formula is C13H22N4O2. The molecule has 6 heteroatoms. The first-order chi connectivity index (χ1) is 9.26. The van der Waals surface area contributed by atoms with E-state index in [0.29, 0.717) is 17.6 Å². The van der Waals surface area contributed by atoms with Crippen molar-refractivity contribution >= 4 is 5.82 Å². The lowest BCUT2D eigenvalue weighted by Crippen LogP contribution is -2.44. The Kier molecular flexibility index (Phi) is 4.79. The highest BCUT2D eigenvalue weighted by Gasteiger charge is 2.20. The fourth-order valence-corrected chi connectivity index (χ4v) is 2.50. The highest BCUT2D eigenvalue weighted by atomic mass is 16.5. The first kappa shape index (κ1) is 13.9. The van der Waals surface area contributed by atoms with E-state index in [9.17, 15) is 4.79 Å². The maximum absolute atomic E-state index is 11.7. The van der Waals surface area contributed by atoms with E-state index in [1.807, 2.05) is 0 Å². The third kappa shape index (κ3) is 3.26. The summed E-state index contributed by atoms with van der Waals surface area (Å²) >= 11 is 0. The van der Waals surface area contributed by atoms with E-state index in [1.165, 1.54) is 32.7 Å². The zero-order valence-corrected chi connectivity index (χ0v) is 11.6. The van der Waals surface area contributed by atoms with Crippen LogP contribution in [0.1, 0.15) is 26.2 Å². The molecule has 2 heterocycles. The molecule has 106 valence electrons. The van der Waals surface area contributed by atoms with Crippen molar-refractivity contribution in [2.24, 2.45) is 0 Å². The molecule has 0 saturated carbocycles. The molecule has 0 aliphatic carbocycles. The number of ether oxygens (including phenoxy) is 1. The summed E-state index contributed by atoms with van der Waals surface area (Å²) in [7, 11) is 1.50. The molecule has 0 amide bonds. The summed E-state index contributed by atoms with van der Waals surface area (Å²) in [5.74, 6) is 0.918. The Hall–Kier alpha value is -1.56. The number of methoxy groups -OCH3 is 1. The van der Waals surface area contributed by atoms with Gasteiger partial charge in [-0.3, -0.25) is 4.79 Å². The molecule has 6 nitrogen and oxygen atoms in total. The van der Waals surface area contributed by atoms with Crippen molar-refractivity contribution in [3.63, 3.8) is 0 Å². The Labute approximate surface area is 113 Å². The summed E-state index contributed by atoms with van der Waals surface area (Å²) in [6.45, 7) is 4.78. The fourth-order valence-electron chi connectivity index (χ4n) is 2.50. The Bertz CT molecular complexity index is 454. The third-order valence-corrected chi connectivity index (χ3v) is 3.53. The number of nitrogens with zero attached hydrogens (tertiary/aromatic N) is 2. The predicted molar refractivity (Wildman–Crippen MR) is 74.9 cm³/mol. The van der Waals surface area contributed by atoms with E-state index in [1.54, 1.807) is 0 Å². The zero-order valence-electron chi connectivity index (χ0n) is 11.6. The number of anilines is 1. The average Bonchev–Trinajstić information content (AvgIpc) is 2.45. The van der Waals surface area contributed by atoms with Crippen molar-refractivity contribution in [1.29, 1.82) is 0 Å². The van der Waals surface area contributed by atoms with Crippen LogP contribution >= 0.6 is 0 Å². The summed E-state index contributed by atoms with van der Waals surface area (Å²) in [6, 6.07) is 0.458. The van der Waals surface area contributed by atoms with Gasteiger partial charge in [-0.05, 0) is 26.3 Å². The van der Waals surface area contributed by atoms with Crippen LogP contribution in [0, 0.1) is 0 Å². The quantitative estimate of drug-likeness (QED) is 0.823. The number of H-pyrrole nitrogens is 1. The topological polar surface area (TPSA) is 70.2 Å². The SMILES string of the molecule is CCN(CC1CCCCN1)c1nc[nH]c(=O)c1OC. The van der Waals surface area contributed by atoms with E-state index >= 15 is 0 Å². The smallest absolute Gasteiger partial charge is 0.295 e. The average molecular weight is 266 g/mol. The number of hydrogen-bond acceptors (Lipinski definition) is 5. The van der Waals surface area contributed by atoms with Gasteiger partial charge in [-0.1, -0.05) is 6.42 Å². The second-order valence-corrected chi connectivity index (χ2v) is 4.77. The monoisotopic (exact) mass is 266 g/mol. The van der Waals surface area contributed by atoms with E-state index in [2.05, 4.69) is 27.1 Å². The molecule has 19 heavy (non-hydrogen) atoms. The highest BCUT2D eigenvalue weighted by molar-refractivity contribution is 5.50. The molecule has 0 spiro atoms. The van der Waals surface area contributed by atoms with Gasteiger partial charge in [0, 0.05) is 19.1 Å². The molecule has 0 aromatic carbocycles. The van der Waals surface area contributed by atoms with Crippen LogP contribution in [-0.2, 0) is 0 Å². The van der Waals surface area contributed by atoms with Crippen LogP contribution in [0.25, 0.3) is 0 Å². The van der Waals surface area contributed by atoms with E-state index in [-0.39, 0.29) is 5.56 Å². The number of likely N-dealkylation sites (N-methyl/N-ethyl adjacent to an activating group) is 1. The van der Waals surface area contributed by atoms with Crippen LogP contribution in [0.4, 0.5) is 5.82 Å². The van der Waals surface area contributed by atoms with Crippen molar-refractivity contribution in [3.05, 3.63) is 16.7 Å². The number of rotatable bonds is 5. The minimum absolute atomic E-state index is 0.234. The Morgan fingerprint density at radius 3 is 3.00 bits per heavy atom. The Balaban J connectivity index is 2.16. The van der Waals surface area contributed by atoms with E-state index in [4.69, 9.17) is 4.74 Å². The summed E-state index contributed by atoms with van der Waals surface area (Å²) in [4.78, 5) is 20.6. The van der Waals surface area contributed by atoms with Crippen LogP contribution in [0.2, 0.25) is 0 Å². The van der Waals surface area contributed by atoms with Gasteiger partial charge >= 0.3 is 0 Å². The number of aromatic nitrogens is 2. The third-order valence-electron chi connectivity index (χ3n) is 3.53. The van der Waals surface area contributed by atoms with E-state index in [0.717, 1.165) is 19.6 Å². The molecule has 1 aromatic heterocycles. The van der Waals surface area contributed by atoms with Crippen molar-refractivity contribution in [2.45, 2.75) is 32.2 Å². The Morgan fingerprint density at radius 2 is 2.37 bits per heavy atom. The van der Waals surface area contributed by atoms with Gasteiger partial charge in [0.2, 0.25) is 5.75 Å². The Morgan fingerprint density at radius 1 is 1.53 bits per heavy atom. The largest absolute Gasteiger partial charge is 0.489 e. The zero-order chi connectivity index (χ0) is 13.7. The molecular weight excluding hydrogens is 244 g/mol. The van der Waals surface area contributed by atoms with E-state index < -0.39 is 0 Å². The van der Waals surface area contributed by atoms with Crippen LogP contribution in [0.5, 0.6) is 5.75 Å². The fraction of sp³-hybridized carbons (Fsp3) is 0.692. The maximum atomic E-state index is 11.7. The van der Waals surface area contributed by atoms with Gasteiger partial charge < -0.3 is 19.9 Å². The molecule has 1 aliphatic rings. The van der Waals surface area contributed by atoms with Crippen molar-refractivity contribution < 1.29 is 4.74 Å². The number of nitrogens with one attached hydrogen (secondary N) is 2. The summed E-state index contributed by atoms with van der Waals surface area (Å²) < 4.78 is 5.18. The van der Waals surface area contributed by atoms with Gasteiger partial charge in [0.05, 0.1) is 13.4 Å². The molecule has 0 bridgehead atoms. The molecule has 1 unspecified atom stereocenters. The molecule has 0 radical (unpaired) electrons. The number of aromatic amines is 1. The first-order valence-corrected chi connectivity index (χ1v) is 6.86. The van der Waals surface area contributed by atoms with Gasteiger partial charge in [-0.25, -0.2) is 4.98 Å². The first-order valence-electron chi connectivity index (χ1n) is 6.86. The molecule has 1 atom stereocenters. The van der Waals surface area contributed by atoms with Gasteiger partial charge in [-0.15, -0.1) is 0 Å². The summed E-state index contributed by atoms with van der Waals surface area (Å²) in [5.41, 5.74) is -0.234. The lowest BCUT2D eigenvalue weighted by atomic mass is 10.0. The van der Waals surface area contributed by atoms with Crippen LogP contribution in [0.15, 0.2) is 11.1 Å². The molecule has 1 aromatic rings. The lowest BCUT2D eigenvalue weighted by molar-refractivity contribution is 0.389. The highest BCUT2D eigenvalue weighted by Crippen LogP contribution is 2.21. The van der Waals surface area contributed by atoms with Crippen molar-refractivity contribution in [3.8, 4) is 5.75 Å². The molecule has 2 rings (SSSR count). The van der Waals surface area contributed by atoms with Crippen LogP contribution < -0.4 is 20.5 Å². The van der Waals surface area contributed by atoms with Crippen LogP contribution in [0.3, 0.4) is 0 Å². The van der Waals surface area contributed by atoms with Gasteiger partial charge in [0.25, 0.3) is 5.56 Å². The van der Waals surface area contributed by atoms with Gasteiger partial charge in [0.1, 0.15) is 0 Å². The molecule has 1 saturated heterocycles. The molecule has 2 N–H and O–H groups in total. The normalized spacial score (nSPS) is 19.2. The molecule has 1 aliphatic heterocycles. The second kappa shape index (κ2) is 6.56. The standard InChI is InChI=1S/C13H22N4O2/c1-3-17(8-10-6-4-5-7-14-10)12-11(19-2)13(18)16-9-15-12/h9-10,14H,3-8H2,1-2H3,(H,15,16,18). The lowest BCUT2D eigenvalue weighted by Gasteiger charge is -2.30. The number of hydrogen-bond donors (Lipinski definition) is 2.